The van der Waals surface area contributed by atoms with Crippen molar-refractivity contribution in [2.75, 3.05) is 6.54 Å². The normalized spacial score (nSPS) is 15.8. The third-order valence-corrected chi connectivity index (χ3v) is 5.15. The number of hydrogen-bond donors (Lipinski definition) is 3. The maximum Gasteiger partial charge on any atom is 0.257 e. The van der Waals surface area contributed by atoms with E-state index in [1.807, 2.05) is 11.7 Å². The molecule has 1 aromatic carbocycles. The van der Waals surface area contributed by atoms with E-state index in [-0.39, 0.29) is 29.5 Å². The van der Waals surface area contributed by atoms with Crippen LogP contribution in [0.5, 0.6) is 0 Å². The number of fused-ring (bicyclic) bond motifs is 2. The van der Waals surface area contributed by atoms with Crippen molar-refractivity contribution in [3.05, 3.63) is 63.7 Å². The molecule has 3 N–H and O–H groups in total. The molecule has 0 radical (unpaired) electrons. The highest BCUT2D eigenvalue weighted by Crippen LogP contribution is 2.28. The Morgan fingerprint density at radius 2 is 2.14 bits per heavy atom. The van der Waals surface area contributed by atoms with E-state index < -0.39 is 5.91 Å². The molecule has 0 aliphatic heterocycles. The molecular formula is C20H21N5O3. The van der Waals surface area contributed by atoms with Crippen molar-refractivity contribution in [2.45, 2.75) is 25.3 Å². The van der Waals surface area contributed by atoms with Crippen LogP contribution in [0.25, 0.3) is 10.9 Å². The Labute approximate surface area is 160 Å². The average Bonchev–Trinajstić information content (AvgIpc) is 3.09. The fraction of sp³-hybridized carbons (Fsp3) is 0.300. The quantitative estimate of drug-likeness (QED) is 0.632. The summed E-state index contributed by atoms with van der Waals surface area (Å²) < 4.78 is 1.83. The number of H-pyrrole nitrogens is 1. The lowest BCUT2D eigenvalue weighted by Crippen LogP contribution is -2.40. The molecule has 0 unspecified atom stereocenters. The summed E-state index contributed by atoms with van der Waals surface area (Å²) in [7, 11) is 1.89. The average molecular weight is 379 g/mol. The summed E-state index contributed by atoms with van der Waals surface area (Å²) in [6, 6.07) is 6.87. The molecule has 4 rings (SSSR count). The number of aromatic nitrogens is 3. The van der Waals surface area contributed by atoms with Crippen LogP contribution in [0.15, 0.2) is 41.5 Å². The molecule has 0 saturated heterocycles. The number of aromatic amines is 1. The first-order chi connectivity index (χ1) is 13.5. The van der Waals surface area contributed by atoms with Gasteiger partial charge in [-0.25, -0.2) is 0 Å². The molecule has 3 aromatic rings. The maximum absolute atomic E-state index is 12.5. The van der Waals surface area contributed by atoms with Crippen molar-refractivity contribution < 1.29 is 9.59 Å². The predicted octanol–water partition coefficient (Wildman–Crippen LogP) is 1.19. The van der Waals surface area contributed by atoms with Gasteiger partial charge < -0.3 is 15.6 Å². The zero-order chi connectivity index (χ0) is 19.7. The van der Waals surface area contributed by atoms with E-state index in [1.165, 1.54) is 6.20 Å². The first-order valence-electron chi connectivity index (χ1n) is 9.23. The molecule has 1 aliphatic rings. The van der Waals surface area contributed by atoms with E-state index in [1.54, 1.807) is 30.5 Å². The highest BCUT2D eigenvalue weighted by molar-refractivity contribution is 5.98. The number of nitrogens with one attached hydrogen (secondary N) is 3. The number of carbonyl (C=O) groups is 2. The van der Waals surface area contributed by atoms with Crippen molar-refractivity contribution in [1.29, 1.82) is 0 Å². The Hall–Kier alpha value is -3.42. The molecule has 144 valence electrons. The number of nitrogens with zero attached hydrogens (tertiary/aromatic N) is 2. The van der Waals surface area contributed by atoms with Gasteiger partial charge in [-0.1, -0.05) is 12.1 Å². The molecule has 1 aliphatic carbocycles. The number of rotatable bonds is 4. The number of carbonyl (C=O) groups excluding carboxylic acids is 2. The van der Waals surface area contributed by atoms with Crippen LogP contribution in [0.1, 0.15) is 40.5 Å². The first-order valence-corrected chi connectivity index (χ1v) is 9.23. The van der Waals surface area contributed by atoms with Crippen LogP contribution in [0.4, 0.5) is 0 Å². The molecule has 8 heteroatoms. The molecule has 28 heavy (non-hydrogen) atoms. The van der Waals surface area contributed by atoms with Crippen molar-refractivity contribution in [3.63, 3.8) is 0 Å². The van der Waals surface area contributed by atoms with Gasteiger partial charge in [0.25, 0.3) is 5.91 Å². The molecule has 1 atom stereocenters. The Morgan fingerprint density at radius 3 is 3.00 bits per heavy atom. The molecular weight excluding hydrogens is 358 g/mol. The second-order valence-electron chi connectivity index (χ2n) is 6.94. The Balaban J connectivity index is 1.41. The van der Waals surface area contributed by atoms with Gasteiger partial charge in [0.1, 0.15) is 5.56 Å². The number of para-hydroxylation sites is 1. The summed E-state index contributed by atoms with van der Waals surface area (Å²) in [5, 5.41) is 10.2. The lowest BCUT2D eigenvalue weighted by Gasteiger charge is -2.23. The SMILES string of the molecule is Cn1ncc2c1CCC[C@@H]2NC(=O)CNC(=O)c1c[nH]c2ccccc2c1=O. The van der Waals surface area contributed by atoms with Gasteiger partial charge in [0.15, 0.2) is 0 Å². The minimum Gasteiger partial charge on any atom is -0.360 e. The van der Waals surface area contributed by atoms with Crippen LogP contribution in [-0.4, -0.2) is 33.1 Å². The number of benzene rings is 1. The lowest BCUT2D eigenvalue weighted by molar-refractivity contribution is -0.121. The minimum atomic E-state index is -0.576. The predicted molar refractivity (Wildman–Crippen MR) is 104 cm³/mol. The zero-order valence-electron chi connectivity index (χ0n) is 15.5. The summed E-state index contributed by atoms with van der Waals surface area (Å²) in [6.45, 7) is -0.197. The van der Waals surface area contributed by atoms with E-state index >= 15 is 0 Å². The Kier molecular flexibility index (Phi) is 4.68. The van der Waals surface area contributed by atoms with E-state index in [4.69, 9.17) is 0 Å². The van der Waals surface area contributed by atoms with Gasteiger partial charge in [-0.3, -0.25) is 19.1 Å². The van der Waals surface area contributed by atoms with Crippen LogP contribution in [0, 0.1) is 0 Å². The third kappa shape index (κ3) is 3.28. The molecule has 2 heterocycles. The topological polar surface area (TPSA) is 109 Å². The lowest BCUT2D eigenvalue weighted by atomic mass is 9.93. The van der Waals surface area contributed by atoms with Crippen LogP contribution < -0.4 is 16.1 Å². The zero-order valence-corrected chi connectivity index (χ0v) is 15.5. The van der Waals surface area contributed by atoms with Gasteiger partial charge in [0, 0.05) is 35.4 Å². The largest absolute Gasteiger partial charge is 0.360 e. The smallest absolute Gasteiger partial charge is 0.257 e. The highest BCUT2D eigenvalue weighted by atomic mass is 16.2. The van der Waals surface area contributed by atoms with Crippen LogP contribution in [0.2, 0.25) is 0 Å². The number of amides is 2. The number of hydrogen-bond acceptors (Lipinski definition) is 4. The molecule has 0 spiro atoms. The van der Waals surface area contributed by atoms with Crippen molar-refractivity contribution in [3.8, 4) is 0 Å². The van der Waals surface area contributed by atoms with E-state index in [9.17, 15) is 14.4 Å². The molecule has 0 bridgehead atoms. The second-order valence-corrected chi connectivity index (χ2v) is 6.94. The Morgan fingerprint density at radius 1 is 1.32 bits per heavy atom. The van der Waals surface area contributed by atoms with Crippen molar-refractivity contribution >= 4 is 22.7 Å². The second kappa shape index (κ2) is 7.30. The van der Waals surface area contributed by atoms with E-state index in [0.29, 0.717) is 10.9 Å². The standard InChI is InChI=1S/C20H21N5O3/c1-25-17-8-4-7-16(13(17)10-23-25)24-18(26)11-22-20(28)14-9-21-15-6-3-2-5-12(15)19(14)27/h2-3,5-6,9-10,16H,4,7-8,11H2,1H3,(H,21,27)(H,22,28)(H,24,26)/t16-/m0/s1. The van der Waals surface area contributed by atoms with E-state index in [2.05, 4.69) is 20.7 Å². The summed E-state index contributed by atoms with van der Waals surface area (Å²) in [6.07, 6.45) is 5.91. The van der Waals surface area contributed by atoms with Crippen LogP contribution >= 0.6 is 0 Å². The third-order valence-electron chi connectivity index (χ3n) is 5.15. The van der Waals surface area contributed by atoms with Crippen LogP contribution in [-0.2, 0) is 18.3 Å². The number of pyridine rings is 1. The monoisotopic (exact) mass is 379 g/mol. The molecule has 8 nitrogen and oxygen atoms in total. The van der Waals surface area contributed by atoms with Gasteiger partial charge in [0.05, 0.1) is 18.8 Å². The van der Waals surface area contributed by atoms with Crippen molar-refractivity contribution in [1.82, 2.24) is 25.4 Å². The fourth-order valence-electron chi connectivity index (χ4n) is 3.69. The van der Waals surface area contributed by atoms with Gasteiger partial charge in [-0.15, -0.1) is 0 Å². The molecule has 2 amide bonds. The van der Waals surface area contributed by atoms with Gasteiger partial charge in [0.2, 0.25) is 11.3 Å². The fourth-order valence-corrected chi connectivity index (χ4v) is 3.69. The van der Waals surface area contributed by atoms with Crippen LogP contribution in [0.3, 0.4) is 0 Å². The summed E-state index contributed by atoms with van der Waals surface area (Å²) in [5.41, 5.74) is 2.44. The maximum atomic E-state index is 12.5. The van der Waals surface area contributed by atoms with Gasteiger partial charge >= 0.3 is 0 Å². The molecule has 0 saturated carbocycles. The summed E-state index contributed by atoms with van der Waals surface area (Å²) in [5.74, 6) is -0.875. The highest BCUT2D eigenvalue weighted by Gasteiger charge is 2.25. The minimum absolute atomic E-state index is 0.0151. The first kappa shape index (κ1) is 18.0. The van der Waals surface area contributed by atoms with Gasteiger partial charge in [-0.05, 0) is 31.4 Å². The summed E-state index contributed by atoms with van der Waals surface area (Å²) >= 11 is 0. The molecule has 0 fully saturated rings. The van der Waals surface area contributed by atoms with Gasteiger partial charge in [-0.2, -0.15) is 5.10 Å². The van der Waals surface area contributed by atoms with Crippen molar-refractivity contribution in [2.24, 2.45) is 7.05 Å². The summed E-state index contributed by atoms with van der Waals surface area (Å²) in [4.78, 5) is 40.1. The number of aryl methyl sites for hydroxylation is 1. The molecule has 2 aromatic heterocycles. The van der Waals surface area contributed by atoms with E-state index in [0.717, 1.165) is 30.5 Å². The Bertz CT molecular complexity index is 1110.